The molecule has 0 aromatic heterocycles. The van der Waals surface area contributed by atoms with Crippen LogP contribution in [0.2, 0.25) is 0 Å². The van der Waals surface area contributed by atoms with E-state index in [9.17, 15) is 9.59 Å². The second-order valence-electron chi connectivity index (χ2n) is 7.27. The largest absolute Gasteiger partial charge is 0.493 e. The summed E-state index contributed by atoms with van der Waals surface area (Å²) in [4.78, 5) is 25.3. The smallest absolute Gasteiger partial charge is 0.255 e. The lowest BCUT2D eigenvalue weighted by Gasteiger charge is -2.20. The number of hydrogen-bond donors (Lipinski definition) is 2. The third-order valence-corrected chi connectivity index (χ3v) is 5.29. The molecule has 0 atom stereocenters. The number of methoxy groups -OCH3 is 3. The van der Waals surface area contributed by atoms with Gasteiger partial charge in [-0.3, -0.25) is 9.59 Å². The maximum Gasteiger partial charge on any atom is 0.255 e. The lowest BCUT2D eigenvalue weighted by molar-refractivity contribution is -0.120. The van der Waals surface area contributed by atoms with Crippen molar-refractivity contribution in [1.29, 1.82) is 0 Å². The van der Waals surface area contributed by atoms with Crippen LogP contribution >= 0.6 is 0 Å². The molecule has 7 nitrogen and oxygen atoms in total. The summed E-state index contributed by atoms with van der Waals surface area (Å²) in [5, 5.41) is 5.78. The van der Waals surface area contributed by atoms with Gasteiger partial charge in [0.2, 0.25) is 11.7 Å². The van der Waals surface area contributed by atoms with Crippen LogP contribution in [0.3, 0.4) is 0 Å². The molecule has 0 radical (unpaired) electrons. The fourth-order valence-electron chi connectivity index (χ4n) is 3.70. The summed E-state index contributed by atoms with van der Waals surface area (Å²) in [6.45, 7) is 0. The van der Waals surface area contributed by atoms with Gasteiger partial charge < -0.3 is 24.8 Å². The molecule has 0 aliphatic heterocycles. The third-order valence-electron chi connectivity index (χ3n) is 5.29. The van der Waals surface area contributed by atoms with E-state index in [0.717, 1.165) is 25.7 Å². The first-order valence-corrected chi connectivity index (χ1v) is 10.1. The summed E-state index contributed by atoms with van der Waals surface area (Å²) in [7, 11) is 4.55. The summed E-state index contributed by atoms with van der Waals surface area (Å²) >= 11 is 0. The van der Waals surface area contributed by atoms with E-state index in [2.05, 4.69) is 10.6 Å². The van der Waals surface area contributed by atoms with Gasteiger partial charge in [-0.1, -0.05) is 25.3 Å². The predicted molar refractivity (Wildman–Crippen MR) is 116 cm³/mol. The van der Waals surface area contributed by atoms with E-state index in [1.807, 2.05) is 0 Å². The molecule has 2 aromatic carbocycles. The number of ether oxygens (including phenoxy) is 3. The van der Waals surface area contributed by atoms with E-state index in [0.29, 0.717) is 34.2 Å². The maximum atomic E-state index is 12.8. The monoisotopic (exact) mass is 412 g/mol. The fourth-order valence-corrected chi connectivity index (χ4v) is 3.70. The number of amides is 2. The standard InChI is InChI=1S/C23H28N2O5/c1-28-19-13-18(14-20(29-2)21(19)30-3)25-23(27)16-10-7-11-17(12-16)24-22(26)15-8-5-4-6-9-15/h7,10-15H,4-6,8-9H2,1-3H3,(H,24,26)(H,25,27). The van der Waals surface area contributed by atoms with Crippen LogP contribution in [0.5, 0.6) is 17.2 Å². The van der Waals surface area contributed by atoms with Gasteiger partial charge in [0.05, 0.1) is 21.3 Å². The van der Waals surface area contributed by atoms with Crippen LogP contribution in [0.4, 0.5) is 11.4 Å². The number of anilines is 2. The van der Waals surface area contributed by atoms with Crippen molar-refractivity contribution in [2.24, 2.45) is 5.92 Å². The lowest BCUT2D eigenvalue weighted by Crippen LogP contribution is -2.24. The third kappa shape index (κ3) is 5.03. The molecule has 1 saturated carbocycles. The number of carbonyl (C=O) groups is 2. The van der Waals surface area contributed by atoms with E-state index in [1.54, 1.807) is 36.4 Å². The molecule has 1 aliphatic rings. The Bertz CT molecular complexity index is 881. The van der Waals surface area contributed by atoms with Crippen molar-refractivity contribution < 1.29 is 23.8 Å². The van der Waals surface area contributed by atoms with Gasteiger partial charge in [0.25, 0.3) is 5.91 Å². The molecule has 2 aromatic rings. The van der Waals surface area contributed by atoms with Gasteiger partial charge in [-0.05, 0) is 31.0 Å². The van der Waals surface area contributed by atoms with E-state index >= 15 is 0 Å². The van der Waals surface area contributed by atoms with Crippen LogP contribution in [-0.2, 0) is 4.79 Å². The molecule has 160 valence electrons. The first kappa shape index (κ1) is 21.5. The number of benzene rings is 2. The van der Waals surface area contributed by atoms with Crippen LogP contribution in [0.25, 0.3) is 0 Å². The first-order chi connectivity index (χ1) is 14.5. The van der Waals surface area contributed by atoms with Crippen molar-refractivity contribution >= 4 is 23.2 Å². The molecule has 2 N–H and O–H groups in total. The predicted octanol–water partition coefficient (Wildman–Crippen LogP) is 4.48. The molecular weight excluding hydrogens is 384 g/mol. The number of carbonyl (C=O) groups excluding carboxylic acids is 2. The fraction of sp³-hybridized carbons (Fsp3) is 0.391. The summed E-state index contributed by atoms with van der Waals surface area (Å²) < 4.78 is 15.9. The molecule has 7 heteroatoms. The average molecular weight is 412 g/mol. The summed E-state index contributed by atoms with van der Waals surface area (Å²) in [5.41, 5.74) is 1.56. The molecule has 0 heterocycles. The minimum atomic E-state index is -0.307. The van der Waals surface area contributed by atoms with Crippen molar-refractivity contribution in [3.8, 4) is 17.2 Å². The molecule has 0 bridgehead atoms. The van der Waals surface area contributed by atoms with Crippen molar-refractivity contribution in [2.75, 3.05) is 32.0 Å². The molecule has 0 unspecified atom stereocenters. The molecule has 1 aliphatic carbocycles. The maximum absolute atomic E-state index is 12.8. The first-order valence-electron chi connectivity index (χ1n) is 10.1. The Morgan fingerprint density at radius 3 is 2.10 bits per heavy atom. The minimum absolute atomic E-state index is 0.0249. The summed E-state index contributed by atoms with van der Waals surface area (Å²) in [6.07, 6.45) is 5.23. The van der Waals surface area contributed by atoms with E-state index in [4.69, 9.17) is 14.2 Å². The zero-order valence-electron chi connectivity index (χ0n) is 17.6. The van der Waals surface area contributed by atoms with Gasteiger partial charge in [-0.2, -0.15) is 0 Å². The van der Waals surface area contributed by atoms with Gasteiger partial charge in [0.15, 0.2) is 11.5 Å². The number of rotatable bonds is 7. The van der Waals surface area contributed by atoms with Gasteiger partial charge in [-0.25, -0.2) is 0 Å². The second-order valence-corrected chi connectivity index (χ2v) is 7.27. The van der Waals surface area contributed by atoms with Crippen molar-refractivity contribution in [1.82, 2.24) is 0 Å². The highest BCUT2D eigenvalue weighted by atomic mass is 16.5. The summed E-state index contributed by atoms with van der Waals surface area (Å²) in [5.74, 6) is 1.11. The molecule has 1 fully saturated rings. The Morgan fingerprint density at radius 1 is 0.833 bits per heavy atom. The Hall–Kier alpha value is -3.22. The Morgan fingerprint density at radius 2 is 1.50 bits per heavy atom. The van der Waals surface area contributed by atoms with Crippen LogP contribution in [0.1, 0.15) is 42.5 Å². The number of hydrogen-bond acceptors (Lipinski definition) is 5. The summed E-state index contributed by atoms with van der Waals surface area (Å²) in [6, 6.07) is 10.2. The van der Waals surface area contributed by atoms with Gasteiger partial charge in [0, 0.05) is 35.0 Å². The second kappa shape index (κ2) is 10.0. The molecule has 0 saturated heterocycles. The minimum Gasteiger partial charge on any atom is -0.493 e. The van der Waals surface area contributed by atoms with E-state index in [1.165, 1.54) is 27.8 Å². The van der Waals surface area contributed by atoms with Crippen molar-refractivity contribution in [3.05, 3.63) is 42.0 Å². The topological polar surface area (TPSA) is 85.9 Å². The SMILES string of the molecule is COc1cc(NC(=O)c2cccc(NC(=O)C3CCCCC3)c2)cc(OC)c1OC. The molecular formula is C23H28N2O5. The molecule has 3 rings (SSSR count). The molecule has 2 amide bonds. The van der Waals surface area contributed by atoms with E-state index in [-0.39, 0.29) is 17.7 Å². The zero-order chi connectivity index (χ0) is 21.5. The normalized spacial score (nSPS) is 14.0. The quantitative estimate of drug-likeness (QED) is 0.700. The highest BCUT2D eigenvalue weighted by Crippen LogP contribution is 2.40. The zero-order valence-corrected chi connectivity index (χ0v) is 17.6. The van der Waals surface area contributed by atoms with Crippen molar-refractivity contribution in [3.63, 3.8) is 0 Å². The van der Waals surface area contributed by atoms with Crippen LogP contribution in [-0.4, -0.2) is 33.1 Å². The Labute approximate surface area is 176 Å². The van der Waals surface area contributed by atoms with Crippen LogP contribution in [0.15, 0.2) is 36.4 Å². The number of nitrogens with one attached hydrogen (secondary N) is 2. The molecule has 30 heavy (non-hydrogen) atoms. The highest BCUT2D eigenvalue weighted by molar-refractivity contribution is 6.05. The highest BCUT2D eigenvalue weighted by Gasteiger charge is 2.21. The van der Waals surface area contributed by atoms with Crippen LogP contribution in [0, 0.1) is 5.92 Å². The van der Waals surface area contributed by atoms with Gasteiger partial charge in [0.1, 0.15) is 0 Å². The Balaban J connectivity index is 1.73. The van der Waals surface area contributed by atoms with Gasteiger partial charge >= 0.3 is 0 Å². The van der Waals surface area contributed by atoms with E-state index < -0.39 is 0 Å². The molecule has 0 spiro atoms. The van der Waals surface area contributed by atoms with Crippen molar-refractivity contribution in [2.45, 2.75) is 32.1 Å². The lowest BCUT2D eigenvalue weighted by atomic mass is 9.88. The average Bonchev–Trinajstić information content (AvgIpc) is 2.79. The van der Waals surface area contributed by atoms with Gasteiger partial charge in [-0.15, -0.1) is 0 Å². The van der Waals surface area contributed by atoms with Crippen LogP contribution < -0.4 is 24.8 Å². The Kier molecular flexibility index (Phi) is 7.17.